The monoisotopic (exact) mass is 297 g/mol. The summed E-state index contributed by atoms with van der Waals surface area (Å²) in [5.41, 5.74) is 2.11. The van der Waals surface area contributed by atoms with Crippen LogP contribution in [0, 0.1) is 12.3 Å². The molecule has 1 aromatic heterocycles. The summed E-state index contributed by atoms with van der Waals surface area (Å²) in [6, 6.07) is 10.1. The first kappa shape index (κ1) is 12.7. The fourth-order valence-corrected chi connectivity index (χ4v) is 3.95. The van der Waals surface area contributed by atoms with Crippen molar-refractivity contribution in [3.63, 3.8) is 0 Å². The number of nitrogens with zero attached hydrogens (tertiary/aromatic N) is 3. The minimum absolute atomic E-state index is 0.173. The number of hydrogen-bond acceptors (Lipinski definition) is 5. The number of hydrogen-bond donors (Lipinski definition) is 0. The van der Waals surface area contributed by atoms with E-state index in [9.17, 15) is 4.79 Å². The Morgan fingerprint density at radius 1 is 1.29 bits per heavy atom. The van der Waals surface area contributed by atoms with Gasteiger partial charge in [-0.1, -0.05) is 18.2 Å². The molecule has 2 aliphatic heterocycles. The largest absolute Gasteiger partial charge is 0.329 e. The summed E-state index contributed by atoms with van der Waals surface area (Å²) in [6.07, 6.45) is 0.800. The summed E-state index contributed by atoms with van der Waals surface area (Å²) in [5.74, 6) is 1.04. The predicted octanol–water partition coefficient (Wildman–Crippen LogP) is 3.59. The summed E-state index contributed by atoms with van der Waals surface area (Å²) in [4.78, 5) is 19.9. The van der Waals surface area contributed by atoms with Crippen LogP contribution in [-0.4, -0.2) is 22.5 Å². The molecule has 0 radical (unpaired) electrons. The highest BCUT2D eigenvalue weighted by Gasteiger charge is 2.51. The summed E-state index contributed by atoms with van der Waals surface area (Å²) in [6.45, 7) is 4.73. The van der Waals surface area contributed by atoms with Gasteiger partial charge in [-0.3, -0.25) is 4.79 Å². The van der Waals surface area contributed by atoms with E-state index in [0.29, 0.717) is 0 Å². The zero-order valence-electron chi connectivity index (χ0n) is 12.0. The molecule has 1 fully saturated rings. The lowest BCUT2D eigenvalue weighted by Gasteiger charge is -2.29. The number of carbonyl (C=O) groups excluding carboxylic acids is 1. The molecule has 0 saturated carbocycles. The Bertz CT molecular complexity index is 765. The van der Waals surface area contributed by atoms with Crippen molar-refractivity contribution in [1.82, 2.24) is 4.37 Å². The lowest BCUT2D eigenvalue weighted by atomic mass is 9.79. The normalized spacial score (nSPS) is 23.8. The highest BCUT2D eigenvalue weighted by molar-refractivity contribution is 7.10. The molecular weight excluding hydrogens is 282 g/mol. The number of para-hydroxylation sites is 1. The van der Waals surface area contributed by atoms with Gasteiger partial charge < -0.3 is 4.90 Å². The lowest BCUT2D eigenvalue weighted by molar-refractivity contribution is 0.0887. The Morgan fingerprint density at radius 2 is 2.05 bits per heavy atom. The molecule has 0 amide bonds. The molecule has 4 nitrogen and oxygen atoms in total. The van der Waals surface area contributed by atoms with Crippen LogP contribution in [0.5, 0.6) is 0 Å². The van der Waals surface area contributed by atoms with Crippen LogP contribution in [0.15, 0.2) is 35.3 Å². The molecule has 1 atom stereocenters. The van der Waals surface area contributed by atoms with Crippen LogP contribution in [0.4, 0.5) is 10.7 Å². The third kappa shape index (κ3) is 1.64. The Kier molecular flexibility index (Phi) is 2.57. The first-order chi connectivity index (χ1) is 10.1. The minimum Gasteiger partial charge on any atom is -0.329 e. The molecule has 5 heteroatoms. The Labute approximate surface area is 127 Å². The number of Topliss-reactive ketones (excluding diaryl/α,β-unsaturated/α-hetero) is 1. The first-order valence-corrected chi connectivity index (χ1v) is 7.81. The van der Waals surface area contributed by atoms with Crippen LogP contribution >= 0.6 is 11.5 Å². The van der Waals surface area contributed by atoms with Crippen molar-refractivity contribution in [1.29, 1.82) is 0 Å². The van der Waals surface area contributed by atoms with Gasteiger partial charge >= 0.3 is 0 Å². The quantitative estimate of drug-likeness (QED) is 0.808. The molecule has 2 aromatic rings. The molecule has 0 spiro atoms. The molecule has 0 N–H and O–H groups in total. The van der Waals surface area contributed by atoms with Crippen LogP contribution in [0.1, 0.15) is 29.4 Å². The van der Waals surface area contributed by atoms with E-state index in [2.05, 4.69) is 21.4 Å². The Hall–Kier alpha value is -2.01. The molecule has 4 rings (SSSR count). The molecule has 1 unspecified atom stereocenters. The maximum atomic E-state index is 12.9. The van der Waals surface area contributed by atoms with Crippen molar-refractivity contribution < 1.29 is 4.79 Å². The number of aromatic nitrogens is 1. The molecule has 0 aliphatic carbocycles. The van der Waals surface area contributed by atoms with E-state index in [4.69, 9.17) is 4.99 Å². The Morgan fingerprint density at radius 3 is 2.81 bits per heavy atom. The summed E-state index contributed by atoms with van der Waals surface area (Å²) >= 11 is 1.32. The van der Waals surface area contributed by atoms with Gasteiger partial charge in [0, 0.05) is 12.2 Å². The number of rotatable bonds is 1. The number of carbonyl (C=O) groups is 1. The molecule has 21 heavy (non-hydrogen) atoms. The molecule has 1 aromatic carbocycles. The highest BCUT2D eigenvalue weighted by atomic mass is 32.1. The zero-order valence-corrected chi connectivity index (χ0v) is 12.8. The van der Waals surface area contributed by atoms with Gasteiger partial charge in [0.1, 0.15) is 10.8 Å². The number of aliphatic imine (C=N–C) groups is 1. The van der Waals surface area contributed by atoms with Gasteiger partial charge in [-0.15, -0.1) is 0 Å². The van der Waals surface area contributed by atoms with Gasteiger partial charge in [0.05, 0.1) is 16.7 Å². The minimum atomic E-state index is -0.518. The predicted molar refractivity (Wildman–Crippen MR) is 84.8 cm³/mol. The van der Waals surface area contributed by atoms with Crippen molar-refractivity contribution >= 4 is 33.8 Å². The fraction of sp³-hybridized carbons (Fsp3) is 0.312. The summed E-state index contributed by atoms with van der Waals surface area (Å²) in [5, 5.41) is 0.757. The highest BCUT2D eigenvalue weighted by Crippen LogP contribution is 2.46. The van der Waals surface area contributed by atoms with Crippen molar-refractivity contribution in [3.05, 3.63) is 41.6 Å². The van der Waals surface area contributed by atoms with Crippen LogP contribution in [0.2, 0.25) is 0 Å². The van der Waals surface area contributed by atoms with E-state index in [1.807, 2.05) is 32.0 Å². The van der Waals surface area contributed by atoms with Crippen LogP contribution < -0.4 is 4.90 Å². The van der Waals surface area contributed by atoms with Crippen molar-refractivity contribution in [2.75, 3.05) is 11.4 Å². The first-order valence-electron chi connectivity index (χ1n) is 7.04. The van der Waals surface area contributed by atoms with Crippen LogP contribution in [0.3, 0.4) is 0 Å². The van der Waals surface area contributed by atoms with Gasteiger partial charge in [0.25, 0.3) is 0 Å². The van der Waals surface area contributed by atoms with E-state index in [1.165, 1.54) is 11.5 Å². The van der Waals surface area contributed by atoms with Crippen LogP contribution in [-0.2, 0) is 0 Å². The second-order valence-electron chi connectivity index (χ2n) is 5.78. The van der Waals surface area contributed by atoms with Gasteiger partial charge in [-0.05, 0) is 43.9 Å². The van der Waals surface area contributed by atoms with E-state index in [-0.39, 0.29) is 5.78 Å². The summed E-state index contributed by atoms with van der Waals surface area (Å²) in [7, 11) is 0. The lowest BCUT2D eigenvalue weighted by Crippen LogP contribution is -2.40. The standard InChI is InChI=1S/C16H15N3OS/c1-10-12-13(20)16(2)8-9-19(11-6-4-3-5-7-11)15(16)17-14(12)21-18-10/h3-7H,8-9H2,1-2H3. The number of benzene rings is 1. The van der Waals surface area contributed by atoms with Gasteiger partial charge in [0.15, 0.2) is 5.78 Å². The fourth-order valence-electron chi connectivity index (χ4n) is 3.18. The SMILES string of the molecule is Cc1nsc2c1C(=O)C1(C)CCN(c3ccccc3)C1=N2. The second kappa shape index (κ2) is 4.24. The number of ketones is 1. The molecule has 3 heterocycles. The maximum Gasteiger partial charge on any atom is 0.181 e. The third-order valence-electron chi connectivity index (χ3n) is 4.43. The zero-order chi connectivity index (χ0) is 14.6. The average Bonchev–Trinajstić information content (AvgIpc) is 3.03. The van der Waals surface area contributed by atoms with Gasteiger partial charge in [0.2, 0.25) is 0 Å². The average molecular weight is 297 g/mol. The molecule has 2 aliphatic rings. The topological polar surface area (TPSA) is 45.6 Å². The smallest absolute Gasteiger partial charge is 0.181 e. The molecule has 106 valence electrons. The molecular formula is C16H15N3OS. The Balaban J connectivity index is 1.88. The summed E-state index contributed by atoms with van der Waals surface area (Å²) < 4.78 is 4.30. The maximum absolute atomic E-state index is 12.9. The third-order valence-corrected chi connectivity index (χ3v) is 5.27. The van der Waals surface area contributed by atoms with Crippen molar-refractivity contribution in [2.45, 2.75) is 20.3 Å². The number of fused-ring (bicyclic) bond motifs is 2. The second-order valence-corrected chi connectivity index (χ2v) is 6.53. The number of aryl methyl sites for hydroxylation is 1. The van der Waals surface area contributed by atoms with Crippen molar-refractivity contribution in [2.24, 2.45) is 10.4 Å². The number of amidine groups is 1. The van der Waals surface area contributed by atoms with E-state index in [0.717, 1.165) is 40.7 Å². The van der Waals surface area contributed by atoms with E-state index >= 15 is 0 Å². The van der Waals surface area contributed by atoms with E-state index in [1.54, 1.807) is 0 Å². The van der Waals surface area contributed by atoms with Gasteiger partial charge in [-0.25, -0.2) is 4.99 Å². The molecule has 1 saturated heterocycles. The van der Waals surface area contributed by atoms with Gasteiger partial charge in [-0.2, -0.15) is 4.37 Å². The number of anilines is 1. The molecule has 0 bridgehead atoms. The van der Waals surface area contributed by atoms with Crippen molar-refractivity contribution in [3.8, 4) is 0 Å². The van der Waals surface area contributed by atoms with Crippen LogP contribution in [0.25, 0.3) is 0 Å². The van der Waals surface area contributed by atoms with E-state index < -0.39 is 5.41 Å².